The van der Waals surface area contributed by atoms with Gasteiger partial charge in [-0.15, -0.1) is 11.3 Å². The largest absolute Gasteiger partial charge is 0.381 e. The summed E-state index contributed by atoms with van der Waals surface area (Å²) in [6, 6.07) is 0. The number of hydrogen-bond acceptors (Lipinski definition) is 3. The lowest BCUT2D eigenvalue weighted by molar-refractivity contribution is 0.133. The van der Waals surface area contributed by atoms with Crippen LogP contribution in [0.5, 0.6) is 0 Å². The third-order valence-corrected chi connectivity index (χ3v) is 6.46. The lowest BCUT2D eigenvalue weighted by Crippen LogP contribution is -2.00. The van der Waals surface area contributed by atoms with Gasteiger partial charge < -0.3 is 4.74 Å². The Balaban J connectivity index is 1.68. The Morgan fingerprint density at radius 2 is 1.19 bits per heavy atom. The summed E-state index contributed by atoms with van der Waals surface area (Å²) < 4.78 is 5.76. The van der Waals surface area contributed by atoms with Gasteiger partial charge in [0.05, 0.1) is 17.8 Å². The third-order valence-electron chi connectivity index (χ3n) is 5.46. The van der Waals surface area contributed by atoms with Gasteiger partial charge in [-0.25, -0.2) is 4.98 Å². The van der Waals surface area contributed by atoms with E-state index in [1.54, 1.807) is 11.3 Å². The smallest absolute Gasteiger partial charge is 0.0797 e. The lowest BCUT2D eigenvalue weighted by Gasteiger charge is -2.05. The van der Waals surface area contributed by atoms with Gasteiger partial charge in [-0.05, 0) is 13.3 Å². The lowest BCUT2D eigenvalue weighted by atomic mass is 10.0. The number of hydrogen-bond donors (Lipinski definition) is 0. The minimum absolute atomic E-state index is 0.849. The van der Waals surface area contributed by atoms with E-state index in [-0.39, 0.29) is 0 Å². The van der Waals surface area contributed by atoms with Gasteiger partial charge in [0.15, 0.2) is 0 Å². The van der Waals surface area contributed by atoms with Crippen LogP contribution in [0.25, 0.3) is 0 Å². The molecule has 0 saturated carbocycles. The molecule has 0 spiro atoms. The van der Waals surface area contributed by atoms with Gasteiger partial charge in [-0.3, -0.25) is 0 Å². The standard InChI is InChI=1S/C24H45NOS/c1-3-4-5-6-7-8-9-10-11-12-13-14-15-16-17-18-20-26-21-19-24-23(2)25-22-27-24/h22H,3-21H2,1-2H3. The molecule has 158 valence electrons. The molecule has 0 radical (unpaired) electrons. The molecule has 1 aromatic heterocycles. The van der Waals surface area contributed by atoms with Crippen LogP contribution >= 0.6 is 11.3 Å². The van der Waals surface area contributed by atoms with Crippen molar-refractivity contribution >= 4 is 11.3 Å². The maximum absolute atomic E-state index is 5.76. The fourth-order valence-electron chi connectivity index (χ4n) is 3.59. The van der Waals surface area contributed by atoms with Crippen LogP contribution in [0, 0.1) is 6.92 Å². The Bertz CT molecular complexity index is 418. The molecule has 0 unspecified atom stereocenters. The first kappa shape index (κ1) is 24.6. The zero-order chi connectivity index (χ0) is 19.4. The minimum atomic E-state index is 0.849. The van der Waals surface area contributed by atoms with Crippen molar-refractivity contribution in [3.05, 3.63) is 16.1 Å². The number of nitrogens with zero attached hydrogens (tertiary/aromatic N) is 1. The molecule has 0 saturated heterocycles. The van der Waals surface area contributed by atoms with E-state index in [0.717, 1.165) is 19.6 Å². The molecule has 0 aliphatic heterocycles. The molecular weight excluding hydrogens is 350 g/mol. The normalized spacial score (nSPS) is 11.3. The number of rotatable bonds is 20. The van der Waals surface area contributed by atoms with E-state index in [4.69, 9.17) is 4.74 Å². The molecule has 0 aliphatic carbocycles. The van der Waals surface area contributed by atoms with Gasteiger partial charge in [0.25, 0.3) is 0 Å². The highest BCUT2D eigenvalue weighted by Gasteiger charge is 2.00. The van der Waals surface area contributed by atoms with Gasteiger partial charge in [0.2, 0.25) is 0 Å². The number of thiazole rings is 1. The molecule has 0 aliphatic rings. The monoisotopic (exact) mass is 395 g/mol. The zero-order valence-electron chi connectivity index (χ0n) is 18.3. The van der Waals surface area contributed by atoms with Crippen LogP contribution in [0.15, 0.2) is 5.51 Å². The van der Waals surface area contributed by atoms with Crippen molar-refractivity contribution in [3.63, 3.8) is 0 Å². The molecule has 0 amide bonds. The Hall–Kier alpha value is -0.410. The quantitative estimate of drug-likeness (QED) is 0.207. The van der Waals surface area contributed by atoms with Crippen LogP contribution in [-0.2, 0) is 11.2 Å². The van der Waals surface area contributed by atoms with Gasteiger partial charge in [-0.2, -0.15) is 0 Å². The summed E-state index contributed by atoms with van der Waals surface area (Å²) in [4.78, 5) is 5.66. The topological polar surface area (TPSA) is 22.1 Å². The first-order valence-corrected chi connectivity index (χ1v) is 12.7. The molecule has 1 rings (SSSR count). The average molecular weight is 396 g/mol. The van der Waals surface area contributed by atoms with E-state index in [1.165, 1.54) is 113 Å². The van der Waals surface area contributed by atoms with Crippen molar-refractivity contribution in [3.8, 4) is 0 Å². The van der Waals surface area contributed by atoms with Gasteiger partial charge in [0, 0.05) is 17.9 Å². The molecule has 0 bridgehead atoms. The van der Waals surface area contributed by atoms with Crippen LogP contribution in [0.3, 0.4) is 0 Å². The summed E-state index contributed by atoms with van der Waals surface area (Å²) in [7, 11) is 0. The molecule has 27 heavy (non-hydrogen) atoms. The molecule has 1 heterocycles. The maximum atomic E-state index is 5.76. The van der Waals surface area contributed by atoms with Crippen LogP contribution < -0.4 is 0 Å². The average Bonchev–Trinajstić information content (AvgIpc) is 3.08. The van der Waals surface area contributed by atoms with Gasteiger partial charge in [-0.1, -0.05) is 103 Å². The predicted octanol–water partition coefficient (Wildman–Crippen LogP) is 8.27. The van der Waals surface area contributed by atoms with E-state index in [1.807, 2.05) is 5.51 Å². The maximum Gasteiger partial charge on any atom is 0.0797 e. The Morgan fingerprint density at radius 1 is 0.704 bits per heavy atom. The summed E-state index contributed by atoms with van der Waals surface area (Å²) >= 11 is 1.75. The van der Waals surface area contributed by atoms with Crippen molar-refractivity contribution in [1.82, 2.24) is 4.98 Å². The Morgan fingerprint density at radius 3 is 1.63 bits per heavy atom. The predicted molar refractivity (Wildman–Crippen MR) is 121 cm³/mol. The molecule has 0 atom stereocenters. The summed E-state index contributed by atoms with van der Waals surface area (Å²) in [6.07, 6.45) is 23.7. The van der Waals surface area contributed by atoms with Crippen LogP contribution in [0.4, 0.5) is 0 Å². The van der Waals surface area contributed by atoms with Crippen molar-refractivity contribution in [2.75, 3.05) is 13.2 Å². The van der Waals surface area contributed by atoms with Crippen LogP contribution in [0.2, 0.25) is 0 Å². The van der Waals surface area contributed by atoms with Crippen LogP contribution in [-0.4, -0.2) is 18.2 Å². The van der Waals surface area contributed by atoms with Gasteiger partial charge >= 0.3 is 0 Å². The van der Waals surface area contributed by atoms with Crippen molar-refractivity contribution in [1.29, 1.82) is 0 Å². The number of unbranched alkanes of at least 4 members (excludes halogenated alkanes) is 15. The molecule has 1 aromatic rings. The van der Waals surface area contributed by atoms with Gasteiger partial charge in [0.1, 0.15) is 0 Å². The first-order valence-electron chi connectivity index (χ1n) is 11.8. The highest BCUT2D eigenvalue weighted by atomic mass is 32.1. The number of ether oxygens (including phenoxy) is 1. The second-order valence-electron chi connectivity index (χ2n) is 8.03. The third kappa shape index (κ3) is 15.2. The molecule has 0 aromatic carbocycles. The van der Waals surface area contributed by atoms with E-state index in [0.29, 0.717) is 0 Å². The first-order chi connectivity index (χ1) is 13.3. The zero-order valence-corrected chi connectivity index (χ0v) is 19.1. The highest BCUT2D eigenvalue weighted by molar-refractivity contribution is 7.09. The van der Waals surface area contributed by atoms with E-state index in [9.17, 15) is 0 Å². The van der Waals surface area contributed by atoms with E-state index in [2.05, 4.69) is 18.8 Å². The second kappa shape index (κ2) is 18.9. The second-order valence-corrected chi connectivity index (χ2v) is 8.97. The van der Waals surface area contributed by atoms with Crippen molar-refractivity contribution in [2.24, 2.45) is 0 Å². The molecule has 0 N–H and O–H groups in total. The Labute approximate surface area is 173 Å². The van der Waals surface area contributed by atoms with E-state index < -0.39 is 0 Å². The number of aromatic nitrogens is 1. The minimum Gasteiger partial charge on any atom is -0.381 e. The summed E-state index contributed by atoms with van der Waals surface area (Å²) in [5.74, 6) is 0. The van der Waals surface area contributed by atoms with Crippen LogP contribution in [0.1, 0.15) is 120 Å². The van der Waals surface area contributed by atoms with Crippen molar-refractivity contribution < 1.29 is 4.74 Å². The summed E-state index contributed by atoms with van der Waals surface area (Å²) in [6.45, 7) is 6.15. The molecule has 0 fully saturated rings. The number of aryl methyl sites for hydroxylation is 1. The van der Waals surface area contributed by atoms with Crippen molar-refractivity contribution in [2.45, 2.75) is 123 Å². The van der Waals surface area contributed by atoms with E-state index >= 15 is 0 Å². The molecular formula is C24H45NOS. The molecule has 2 nitrogen and oxygen atoms in total. The Kier molecular flexibility index (Phi) is 17.3. The summed E-state index contributed by atoms with van der Waals surface area (Å²) in [5.41, 5.74) is 3.10. The summed E-state index contributed by atoms with van der Waals surface area (Å²) in [5, 5.41) is 0. The fraction of sp³-hybridized carbons (Fsp3) is 0.875. The fourth-order valence-corrected chi connectivity index (χ4v) is 4.35. The highest BCUT2D eigenvalue weighted by Crippen LogP contribution is 2.14. The SMILES string of the molecule is CCCCCCCCCCCCCCCCCCOCCc1scnc1C. The molecule has 3 heteroatoms.